The molecule has 0 atom stereocenters. The summed E-state index contributed by atoms with van der Waals surface area (Å²) in [6, 6.07) is 21.3. The minimum absolute atomic E-state index is 0.956. The van der Waals surface area contributed by atoms with E-state index in [4.69, 9.17) is 4.42 Å². The number of benzene rings is 3. The van der Waals surface area contributed by atoms with Gasteiger partial charge in [0.2, 0.25) is 0 Å². The van der Waals surface area contributed by atoms with Crippen molar-refractivity contribution in [1.82, 2.24) is 0 Å². The quantitative estimate of drug-likeness (QED) is 0.422. The van der Waals surface area contributed by atoms with Gasteiger partial charge in [0.1, 0.15) is 11.2 Å². The molecule has 0 aliphatic heterocycles. The van der Waals surface area contributed by atoms with E-state index in [2.05, 4.69) is 62.4 Å². The van der Waals surface area contributed by atoms with Crippen molar-refractivity contribution >= 4 is 21.9 Å². The predicted octanol–water partition coefficient (Wildman–Crippen LogP) is 5.87. The number of aryl methyl sites for hydroxylation is 2. The minimum atomic E-state index is 0.956. The van der Waals surface area contributed by atoms with Crippen molar-refractivity contribution in [2.24, 2.45) is 0 Å². The molecule has 0 aliphatic rings. The van der Waals surface area contributed by atoms with Crippen LogP contribution in [0.3, 0.4) is 0 Å². The Morgan fingerprint density at radius 2 is 1.57 bits per heavy atom. The molecule has 21 heavy (non-hydrogen) atoms. The largest absolute Gasteiger partial charge is 0.456 e. The maximum atomic E-state index is 6.00. The number of furan rings is 1. The van der Waals surface area contributed by atoms with Crippen molar-refractivity contribution in [3.8, 4) is 11.1 Å². The summed E-state index contributed by atoms with van der Waals surface area (Å²) in [6.07, 6.45) is 0. The van der Waals surface area contributed by atoms with Crippen LogP contribution in [-0.4, -0.2) is 0 Å². The topological polar surface area (TPSA) is 13.1 Å². The maximum absolute atomic E-state index is 6.00. The van der Waals surface area contributed by atoms with Gasteiger partial charge in [0.15, 0.2) is 0 Å². The Morgan fingerprint density at radius 3 is 2.43 bits per heavy atom. The normalized spacial score (nSPS) is 11.3. The maximum Gasteiger partial charge on any atom is 0.138 e. The zero-order chi connectivity index (χ0) is 14.4. The summed E-state index contributed by atoms with van der Waals surface area (Å²) in [6.45, 7) is 4.24. The third-order valence-corrected chi connectivity index (χ3v) is 4.02. The smallest absolute Gasteiger partial charge is 0.138 e. The molecule has 4 aromatic rings. The molecule has 1 nitrogen and oxygen atoms in total. The van der Waals surface area contributed by atoms with Gasteiger partial charge < -0.3 is 4.42 Å². The van der Waals surface area contributed by atoms with E-state index in [-0.39, 0.29) is 0 Å². The van der Waals surface area contributed by atoms with E-state index in [1.807, 2.05) is 12.1 Å². The number of fused-ring (bicyclic) bond motifs is 3. The van der Waals surface area contributed by atoms with E-state index in [9.17, 15) is 0 Å². The monoisotopic (exact) mass is 272 g/mol. The van der Waals surface area contributed by atoms with Gasteiger partial charge in [-0.15, -0.1) is 0 Å². The van der Waals surface area contributed by atoms with E-state index in [1.165, 1.54) is 33.0 Å². The van der Waals surface area contributed by atoms with Gasteiger partial charge >= 0.3 is 0 Å². The fourth-order valence-electron chi connectivity index (χ4n) is 2.99. The number of rotatable bonds is 1. The van der Waals surface area contributed by atoms with Gasteiger partial charge in [0.05, 0.1) is 0 Å². The first-order valence-electron chi connectivity index (χ1n) is 7.21. The van der Waals surface area contributed by atoms with Crippen molar-refractivity contribution < 1.29 is 4.42 Å². The number of hydrogen-bond donors (Lipinski definition) is 0. The zero-order valence-corrected chi connectivity index (χ0v) is 12.2. The first-order valence-corrected chi connectivity index (χ1v) is 7.21. The highest BCUT2D eigenvalue weighted by atomic mass is 16.3. The molecule has 3 aromatic carbocycles. The highest BCUT2D eigenvalue weighted by molar-refractivity contribution is 6.07. The van der Waals surface area contributed by atoms with Gasteiger partial charge in [0, 0.05) is 10.8 Å². The van der Waals surface area contributed by atoms with Gasteiger partial charge in [-0.05, 0) is 48.7 Å². The first kappa shape index (κ1) is 12.2. The first-order chi connectivity index (χ1) is 10.2. The van der Waals surface area contributed by atoms with Crippen molar-refractivity contribution in [3.05, 3.63) is 71.8 Å². The Bertz CT molecular complexity index is 960. The van der Waals surface area contributed by atoms with Crippen LogP contribution in [0.2, 0.25) is 0 Å². The molecular weight excluding hydrogens is 256 g/mol. The van der Waals surface area contributed by atoms with Crippen LogP contribution < -0.4 is 0 Å². The average Bonchev–Trinajstić information content (AvgIpc) is 2.87. The highest BCUT2D eigenvalue weighted by Gasteiger charge is 2.11. The molecule has 102 valence electrons. The van der Waals surface area contributed by atoms with Crippen LogP contribution in [0.15, 0.2) is 65.1 Å². The molecule has 0 radical (unpaired) electrons. The van der Waals surface area contributed by atoms with Crippen LogP contribution in [0.4, 0.5) is 0 Å². The lowest BCUT2D eigenvalue weighted by Crippen LogP contribution is -1.82. The summed E-state index contributed by atoms with van der Waals surface area (Å²) in [7, 11) is 0. The van der Waals surface area contributed by atoms with Crippen LogP contribution in [0.25, 0.3) is 33.1 Å². The molecule has 0 saturated heterocycles. The molecular formula is C20H16O. The number of hydrogen-bond acceptors (Lipinski definition) is 1. The Balaban J connectivity index is 2.06. The van der Waals surface area contributed by atoms with E-state index < -0.39 is 0 Å². The molecule has 0 amide bonds. The van der Waals surface area contributed by atoms with Crippen molar-refractivity contribution in [2.45, 2.75) is 13.8 Å². The molecule has 1 heterocycles. The van der Waals surface area contributed by atoms with Crippen LogP contribution in [0, 0.1) is 13.8 Å². The van der Waals surface area contributed by atoms with Crippen molar-refractivity contribution in [1.29, 1.82) is 0 Å². The molecule has 0 fully saturated rings. The molecule has 0 N–H and O–H groups in total. The Kier molecular flexibility index (Phi) is 2.61. The van der Waals surface area contributed by atoms with Crippen LogP contribution >= 0.6 is 0 Å². The van der Waals surface area contributed by atoms with Gasteiger partial charge in [0.25, 0.3) is 0 Å². The molecule has 0 aliphatic carbocycles. The van der Waals surface area contributed by atoms with Crippen molar-refractivity contribution in [3.63, 3.8) is 0 Å². The second kappa shape index (κ2) is 4.49. The Labute approximate surface area is 123 Å². The molecule has 0 bridgehead atoms. The SMILES string of the molecule is Cc1cccc(-c2cc(C)c3oc4ccccc4c3c2)c1. The molecule has 1 aromatic heterocycles. The molecule has 1 heteroatoms. The average molecular weight is 272 g/mol. The van der Waals surface area contributed by atoms with Gasteiger partial charge in [-0.25, -0.2) is 0 Å². The third kappa shape index (κ3) is 1.93. The van der Waals surface area contributed by atoms with Gasteiger partial charge in [-0.1, -0.05) is 48.0 Å². The predicted molar refractivity (Wildman–Crippen MR) is 88.6 cm³/mol. The fraction of sp³-hybridized carbons (Fsp3) is 0.100. The number of para-hydroxylation sites is 1. The molecule has 0 saturated carbocycles. The molecule has 0 spiro atoms. The van der Waals surface area contributed by atoms with Crippen LogP contribution in [0.5, 0.6) is 0 Å². The standard InChI is InChI=1S/C20H16O/c1-13-6-5-7-15(10-13)16-11-14(2)20-18(12-16)17-8-3-4-9-19(17)21-20/h3-12H,1-2H3. The summed E-state index contributed by atoms with van der Waals surface area (Å²) >= 11 is 0. The summed E-state index contributed by atoms with van der Waals surface area (Å²) in [5.41, 5.74) is 6.91. The van der Waals surface area contributed by atoms with E-state index in [0.717, 1.165) is 11.2 Å². The summed E-state index contributed by atoms with van der Waals surface area (Å²) in [5.74, 6) is 0. The minimum Gasteiger partial charge on any atom is -0.456 e. The van der Waals surface area contributed by atoms with Crippen molar-refractivity contribution in [2.75, 3.05) is 0 Å². The van der Waals surface area contributed by atoms with E-state index in [0.29, 0.717) is 0 Å². The second-order valence-electron chi connectivity index (χ2n) is 5.64. The lowest BCUT2D eigenvalue weighted by Gasteiger charge is -2.05. The summed E-state index contributed by atoms with van der Waals surface area (Å²) < 4.78 is 6.00. The van der Waals surface area contributed by atoms with Gasteiger partial charge in [-0.2, -0.15) is 0 Å². The fourth-order valence-corrected chi connectivity index (χ4v) is 2.99. The summed E-state index contributed by atoms with van der Waals surface area (Å²) in [4.78, 5) is 0. The lowest BCUT2D eigenvalue weighted by atomic mass is 9.99. The molecule has 4 rings (SSSR count). The zero-order valence-electron chi connectivity index (χ0n) is 12.2. The Hall–Kier alpha value is -2.54. The van der Waals surface area contributed by atoms with Crippen LogP contribution in [-0.2, 0) is 0 Å². The van der Waals surface area contributed by atoms with Crippen LogP contribution in [0.1, 0.15) is 11.1 Å². The van der Waals surface area contributed by atoms with Gasteiger partial charge in [-0.3, -0.25) is 0 Å². The van der Waals surface area contributed by atoms with E-state index >= 15 is 0 Å². The summed E-state index contributed by atoms with van der Waals surface area (Å²) in [5, 5.41) is 2.38. The second-order valence-corrected chi connectivity index (χ2v) is 5.64. The highest BCUT2D eigenvalue weighted by Crippen LogP contribution is 2.34. The lowest BCUT2D eigenvalue weighted by molar-refractivity contribution is 0.666. The third-order valence-electron chi connectivity index (χ3n) is 4.02. The van der Waals surface area contributed by atoms with E-state index in [1.54, 1.807) is 0 Å². The molecule has 0 unspecified atom stereocenters. The Morgan fingerprint density at radius 1 is 0.714 bits per heavy atom.